The number of aromatic nitrogens is 2. The number of amides is 2. The van der Waals surface area contributed by atoms with Crippen LogP contribution in [0.2, 0.25) is 0 Å². The Labute approximate surface area is 193 Å². The number of likely N-dealkylation sites (N-methyl/N-ethyl adjacent to an activating group) is 1. The Balaban J connectivity index is 3.07. The van der Waals surface area contributed by atoms with E-state index in [9.17, 15) is 19.2 Å². The number of ketones is 1. The predicted octanol–water partition coefficient (Wildman–Crippen LogP) is -0.515. The normalized spacial score (nSPS) is 12.9. The molecule has 0 fully saturated rings. The minimum Gasteiger partial charge on any atom is -0.458 e. The fraction of sp³-hybridized carbons (Fsp3) is 0.619. The van der Waals surface area contributed by atoms with Gasteiger partial charge < -0.3 is 30.4 Å². The van der Waals surface area contributed by atoms with Crippen LogP contribution in [0, 0.1) is 0 Å². The van der Waals surface area contributed by atoms with E-state index in [1.165, 1.54) is 0 Å². The van der Waals surface area contributed by atoms with Crippen molar-refractivity contribution in [2.24, 2.45) is 7.05 Å². The smallest absolute Gasteiger partial charge is 0.329 e. The Hall–Kier alpha value is -3.37. The van der Waals surface area contributed by atoms with Crippen molar-refractivity contribution in [3.63, 3.8) is 0 Å². The van der Waals surface area contributed by atoms with Crippen LogP contribution >= 0.6 is 0 Å². The van der Waals surface area contributed by atoms with Gasteiger partial charge in [0.15, 0.2) is 0 Å². The van der Waals surface area contributed by atoms with Gasteiger partial charge in [-0.2, -0.15) is 4.79 Å². The second-order valence-corrected chi connectivity index (χ2v) is 8.90. The van der Waals surface area contributed by atoms with Crippen LogP contribution in [-0.2, 0) is 37.4 Å². The number of nitrogens with one attached hydrogen (secondary N) is 2. The summed E-state index contributed by atoms with van der Waals surface area (Å²) in [5.41, 5.74) is 8.39. The maximum Gasteiger partial charge on any atom is 0.329 e. The molecule has 1 aromatic heterocycles. The first-order valence-electron chi connectivity index (χ1n) is 10.4. The number of esters is 1. The molecule has 0 unspecified atom stereocenters. The zero-order valence-electron chi connectivity index (χ0n) is 20.0. The molecule has 12 nitrogen and oxygen atoms in total. The molecule has 0 aliphatic rings. The van der Waals surface area contributed by atoms with Crippen molar-refractivity contribution in [2.45, 2.75) is 57.7 Å². The topological polar surface area (TPSA) is 159 Å². The molecule has 33 heavy (non-hydrogen) atoms. The molecule has 0 aromatic carbocycles. The van der Waals surface area contributed by atoms with Gasteiger partial charge in [0.05, 0.1) is 12.9 Å². The Kier molecular flexibility index (Phi) is 10.6. The number of rotatable bonds is 12. The van der Waals surface area contributed by atoms with E-state index in [-0.39, 0.29) is 31.7 Å². The molecule has 1 heterocycles. The molecule has 0 aliphatic carbocycles. The van der Waals surface area contributed by atoms with E-state index in [0.717, 1.165) is 6.21 Å². The number of imidazole rings is 1. The largest absolute Gasteiger partial charge is 0.458 e. The zero-order valence-corrected chi connectivity index (χ0v) is 20.0. The monoisotopic (exact) mass is 463 g/mol. The lowest BCUT2D eigenvalue weighted by Gasteiger charge is -2.26. The van der Waals surface area contributed by atoms with E-state index < -0.39 is 35.3 Å². The third kappa shape index (κ3) is 10.7. The average molecular weight is 464 g/mol. The van der Waals surface area contributed by atoms with Crippen LogP contribution < -0.4 is 10.6 Å². The lowest BCUT2D eigenvalue weighted by molar-refractivity contribution is -0.159. The number of carbonyl (C=O) groups excluding carboxylic acids is 4. The molecular formula is C21H33N7O5. The Morgan fingerprint density at radius 1 is 1.24 bits per heavy atom. The summed E-state index contributed by atoms with van der Waals surface area (Å²) in [7, 11) is 5.21. The lowest BCUT2D eigenvalue weighted by atomic mass is 10.1. The van der Waals surface area contributed by atoms with E-state index in [1.807, 2.05) is 0 Å². The third-order valence-corrected chi connectivity index (χ3v) is 4.33. The summed E-state index contributed by atoms with van der Waals surface area (Å²) in [5, 5.41) is 5.28. The second-order valence-electron chi connectivity index (χ2n) is 8.90. The highest BCUT2D eigenvalue weighted by molar-refractivity contribution is 6.25. The molecule has 12 heteroatoms. The van der Waals surface area contributed by atoms with Crippen molar-refractivity contribution in [2.75, 3.05) is 20.6 Å². The Bertz CT molecular complexity index is 897. The van der Waals surface area contributed by atoms with Gasteiger partial charge in [-0.25, -0.2) is 9.78 Å². The van der Waals surface area contributed by atoms with Crippen molar-refractivity contribution < 1.29 is 28.7 Å². The van der Waals surface area contributed by atoms with E-state index >= 15 is 0 Å². The first kappa shape index (κ1) is 27.7. The second kappa shape index (κ2) is 12.6. The third-order valence-electron chi connectivity index (χ3n) is 4.33. The van der Waals surface area contributed by atoms with Gasteiger partial charge in [-0.15, -0.1) is 0 Å². The van der Waals surface area contributed by atoms with Crippen LogP contribution in [0.4, 0.5) is 0 Å². The van der Waals surface area contributed by atoms with Crippen LogP contribution in [0.5, 0.6) is 0 Å². The fourth-order valence-electron chi connectivity index (χ4n) is 2.84. The van der Waals surface area contributed by atoms with Crippen LogP contribution in [0.25, 0.3) is 5.53 Å². The van der Waals surface area contributed by atoms with Gasteiger partial charge >= 0.3 is 12.2 Å². The first-order chi connectivity index (χ1) is 15.3. The molecule has 0 spiro atoms. The molecule has 182 valence electrons. The minimum absolute atomic E-state index is 0.0691. The summed E-state index contributed by atoms with van der Waals surface area (Å²) in [5.74, 6) is -2.22. The highest BCUT2D eigenvalue weighted by Crippen LogP contribution is 2.12. The number of Topliss-reactive ketones (excluding diaryl/α,β-unsaturated/α-hetero) is 1. The van der Waals surface area contributed by atoms with Crippen molar-refractivity contribution >= 4 is 29.8 Å². The van der Waals surface area contributed by atoms with Gasteiger partial charge in [0.2, 0.25) is 17.6 Å². The maximum atomic E-state index is 13.1. The summed E-state index contributed by atoms with van der Waals surface area (Å²) in [6.45, 7) is 5.11. The van der Waals surface area contributed by atoms with Crippen molar-refractivity contribution in [3.05, 3.63) is 23.7 Å². The molecule has 2 atom stereocenters. The van der Waals surface area contributed by atoms with Crippen LogP contribution in [0.3, 0.4) is 0 Å². The predicted molar refractivity (Wildman–Crippen MR) is 119 cm³/mol. The summed E-state index contributed by atoms with van der Waals surface area (Å²) in [6, 6.07) is -2.14. The van der Waals surface area contributed by atoms with E-state index in [1.54, 1.807) is 63.9 Å². The number of nitrogens with zero attached hydrogens (tertiary/aromatic N) is 5. The van der Waals surface area contributed by atoms with Gasteiger partial charge in [0, 0.05) is 31.8 Å². The summed E-state index contributed by atoms with van der Waals surface area (Å²) >= 11 is 0. The molecule has 2 N–H and O–H groups in total. The number of hydrogen-bond acceptors (Lipinski definition) is 7. The summed E-state index contributed by atoms with van der Waals surface area (Å²) in [6.07, 6.45) is 3.78. The van der Waals surface area contributed by atoms with E-state index in [4.69, 9.17) is 10.3 Å². The number of carbonyl (C=O) groups is 4. The first-order valence-corrected chi connectivity index (χ1v) is 10.4. The summed E-state index contributed by atoms with van der Waals surface area (Å²) < 4.78 is 7.09. The molecule has 0 radical (unpaired) electrons. The quantitative estimate of drug-likeness (QED) is 0.183. The van der Waals surface area contributed by atoms with Crippen LogP contribution in [0.15, 0.2) is 12.5 Å². The number of hydrogen-bond donors (Lipinski definition) is 2. The molecule has 0 saturated heterocycles. The number of ether oxygens (including phenoxy) is 1. The molecular weight excluding hydrogens is 430 g/mol. The van der Waals surface area contributed by atoms with Crippen molar-refractivity contribution in [1.82, 2.24) is 25.1 Å². The van der Waals surface area contributed by atoms with Crippen molar-refractivity contribution in [1.29, 1.82) is 0 Å². The SMILES string of the molecule is CN(C)CC(=O)N[C@@H](Cc1cncn1C)C(=O)N[C@@H](CCC(=O)C=[N+]=[N-])C(=O)OC(C)(C)C. The Morgan fingerprint density at radius 3 is 2.42 bits per heavy atom. The fourth-order valence-corrected chi connectivity index (χ4v) is 2.84. The van der Waals surface area contributed by atoms with Gasteiger partial charge in [0.25, 0.3) is 0 Å². The number of aryl methyl sites for hydroxylation is 1. The van der Waals surface area contributed by atoms with Gasteiger partial charge in [0.1, 0.15) is 17.7 Å². The summed E-state index contributed by atoms with van der Waals surface area (Å²) in [4.78, 5) is 58.2. The lowest BCUT2D eigenvalue weighted by Crippen LogP contribution is -2.54. The standard InChI is InChI=1S/C21H33N7O5/c1-21(2,3)33-20(32)16(8-7-15(29)11-24-22)26-19(31)17(25-18(30)12-27(4)5)9-14-10-23-13-28(14)6/h10-11,13,16-17H,7-9,12H2,1-6H3,(H,25,30)(H,26,31)/t16-,17-/m0/s1. The van der Waals surface area contributed by atoms with E-state index in [2.05, 4.69) is 20.4 Å². The molecule has 0 bridgehead atoms. The van der Waals surface area contributed by atoms with Crippen LogP contribution in [-0.4, -0.2) is 87.3 Å². The van der Waals surface area contributed by atoms with Crippen LogP contribution in [0.1, 0.15) is 39.3 Å². The molecule has 1 aromatic rings. The molecule has 1 rings (SSSR count). The minimum atomic E-state index is -1.15. The van der Waals surface area contributed by atoms with E-state index in [0.29, 0.717) is 5.69 Å². The molecule has 0 aliphatic heterocycles. The van der Waals surface area contributed by atoms with Crippen molar-refractivity contribution in [3.8, 4) is 0 Å². The maximum absolute atomic E-state index is 13.1. The van der Waals surface area contributed by atoms with Gasteiger partial charge in [-0.3, -0.25) is 14.4 Å². The van der Waals surface area contributed by atoms with Gasteiger partial charge in [-0.1, -0.05) is 0 Å². The zero-order chi connectivity index (χ0) is 25.2. The molecule has 0 saturated carbocycles. The van der Waals surface area contributed by atoms with Gasteiger partial charge in [-0.05, 0) is 41.3 Å². The highest BCUT2D eigenvalue weighted by atomic mass is 16.6. The highest BCUT2D eigenvalue weighted by Gasteiger charge is 2.31. The average Bonchev–Trinajstić information content (AvgIpc) is 3.07. The molecule has 2 amide bonds. The Morgan fingerprint density at radius 2 is 1.91 bits per heavy atom.